The van der Waals surface area contributed by atoms with E-state index in [1.54, 1.807) is 24.3 Å². The van der Waals surface area contributed by atoms with E-state index in [9.17, 15) is 19.5 Å². The van der Waals surface area contributed by atoms with Crippen molar-refractivity contribution in [2.24, 2.45) is 0 Å². The molecular formula is C19H16N2O5S2. The number of thioether (sulfide) groups is 1. The van der Waals surface area contributed by atoms with Crippen molar-refractivity contribution in [1.29, 1.82) is 0 Å². The molecule has 1 unspecified atom stereocenters. The van der Waals surface area contributed by atoms with Crippen LogP contribution >= 0.6 is 23.1 Å². The number of furan rings is 1. The largest absolute Gasteiger partial charge is 0.477 e. The Morgan fingerprint density at radius 1 is 1.32 bits per heavy atom. The topological polar surface area (TPSA) is 99.9 Å². The monoisotopic (exact) mass is 416 g/mol. The summed E-state index contributed by atoms with van der Waals surface area (Å²) in [6, 6.07) is 6.51. The Bertz CT molecular complexity index is 963. The highest BCUT2D eigenvalue weighted by Gasteiger charge is 2.53. The zero-order valence-corrected chi connectivity index (χ0v) is 16.2. The maximum absolute atomic E-state index is 12.6. The quantitative estimate of drug-likeness (QED) is 0.701. The van der Waals surface area contributed by atoms with Gasteiger partial charge < -0.3 is 14.8 Å². The Labute approximate surface area is 168 Å². The van der Waals surface area contributed by atoms with Crippen LogP contribution in [-0.2, 0) is 20.8 Å². The number of carboxylic acids is 1. The van der Waals surface area contributed by atoms with E-state index >= 15 is 0 Å². The van der Waals surface area contributed by atoms with Crippen LogP contribution in [0, 0.1) is 0 Å². The maximum Gasteiger partial charge on any atom is 0.352 e. The molecule has 0 saturated carbocycles. The van der Waals surface area contributed by atoms with Gasteiger partial charge in [0.05, 0.1) is 12.7 Å². The minimum atomic E-state index is -1.17. The lowest BCUT2D eigenvalue weighted by molar-refractivity contribution is -0.150. The lowest BCUT2D eigenvalue weighted by Gasteiger charge is -2.49. The summed E-state index contributed by atoms with van der Waals surface area (Å²) in [4.78, 5) is 38.8. The van der Waals surface area contributed by atoms with Crippen LogP contribution in [0.5, 0.6) is 0 Å². The molecule has 0 aromatic carbocycles. The zero-order chi connectivity index (χ0) is 19.7. The van der Waals surface area contributed by atoms with E-state index in [0.29, 0.717) is 17.1 Å². The molecule has 0 aliphatic carbocycles. The average Bonchev–Trinajstić information content (AvgIpc) is 3.37. The fraction of sp³-hybridized carbons (Fsp3) is 0.211. The summed E-state index contributed by atoms with van der Waals surface area (Å²) in [5.41, 5.74) is 0.488. The molecule has 9 heteroatoms. The summed E-state index contributed by atoms with van der Waals surface area (Å²) in [6.07, 6.45) is 5.06. The summed E-state index contributed by atoms with van der Waals surface area (Å²) < 4.78 is 5.22. The van der Waals surface area contributed by atoms with Crippen molar-refractivity contribution < 1.29 is 23.9 Å². The van der Waals surface area contributed by atoms with Gasteiger partial charge >= 0.3 is 5.97 Å². The molecule has 28 heavy (non-hydrogen) atoms. The normalized spacial score (nSPS) is 21.6. The number of amides is 2. The highest BCUT2D eigenvalue weighted by Crippen LogP contribution is 2.40. The van der Waals surface area contributed by atoms with Gasteiger partial charge in [-0.3, -0.25) is 14.5 Å². The van der Waals surface area contributed by atoms with Gasteiger partial charge in [0.15, 0.2) is 0 Å². The molecule has 2 amide bonds. The van der Waals surface area contributed by atoms with Crippen LogP contribution in [0.1, 0.15) is 10.6 Å². The number of allylic oxidation sites excluding steroid dienone is 1. The van der Waals surface area contributed by atoms with E-state index in [-0.39, 0.29) is 18.0 Å². The number of carbonyl (C=O) groups is 3. The van der Waals surface area contributed by atoms with Crippen molar-refractivity contribution in [3.8, 4) is 0 Å². The number of thiophene rings is 1. The van der Waals surface area contributed by atoms with Gasteiger partial charge in [-0.05, 0) is 35.2 Å². The summed E-state index contributed by atoms with van der Waals surface area (Å²) in [5, 5.41) is 13.9. The minimum absolute atomic E-state index is 0.0414. The predicted molar refractivity (Wildman–Crippen MR) is 105 cm³/mol. The smallest absolute Gasteiger partial charge is 0.352 e. The first-order chi connectivity index (χ1) is 13.5. The van der Waals surface area contributed by atoms with Crippen molar-refractivity contribution in [3.63, 3.8) is 0 Å². The van der Waals surface area contributed by atoms with Gasteiger partial charge in [0.25, 0.3) is 5.91 Å². The molecule has 0 radical (unpaired) electrons. The number of hydrogen-bond acceptors (Lipinski definition) is 6. The van der Waals surface area contributed by atoms with Crippen LogP contribution in [0.25, 0.3) is 6.08 Å². The number of fused-ring (bicyclic) bond motifs is 1. The first-order valence-electron chi connectivity index (χ1n) is 8.49. The van der Waals surface area contributed by atoms with E-state index < -0.39 is 23.3 Å². The van der Waals surface area contributed by atoms with Gasteiger partial charge in [-0.25, -0.2) is 4.79 Å². The van der Waals surface area contributed by atoms with Gasteiger partial charge in [0.1, 0.15) is 22.9 Å². The third-order valence-electron chi connectivity index (χ3n) is 4.42. The van der Waals surface area contributed by atoms with Crippen LogP contribution in [0.3, 0.4) is 0 Å². The highest BCUT2D eigenvalue weighted by atomic mass is 32.2. The van der Waals surface area contributed by atoms with Crippen LogP contribution in [-0.4, -0.2) is 45.0 Å². The highest BCUT2D eigenvalue weighted by molar-refractivity contribution is 8.00. The first-order valence-corrected chi connectivity index (χ1v) is 10.4. The summed E-state index contributed by atoms with van der Waals surface area (Å²) in [5.74, 6) is -0.799. The number of β-lactam (4-membered cyclic amide) rings is 1. The molecule has 2 aromatic heterocycles. The molecule has 2 N–H and O–H groups in total. The number of carbonyl (C=O) groups excluding carboxylic acids is 2. The van der Waals surface area contributed by atoms with Crippen LogP contribution < -0.4 is 5.32 Å². The van der Waals surface area contributed by atoms with Crippen molar-refractivity contribution in [2.75, 3.05) is 5.75 Å². The Morgan fingerprint density at radius 2 is 2.18 bits per heavy atom. The van der Waals surface area contributed by atoms with Crippen LogP contribution in [0.2, 0.25) is 0 Å². The lowest BCUT2D eigenvalue weighted by atomic mass is 10.0. The second-order valence-corrected chi connectivity index (χ2v) is 8.38. The lowest BCUT2D eigenvalue weighted by Crippen LogP contribution is -2.70. The minimum Gasteiger partial charge on any atom is -0.477 e. The van der Waals surface area contributed by atoms with Crippen molar-refractivity contribution in [3.05, 3.63) is 63.9 Å². The Hall–Kier alpha value is -2.78. The molecule has 7 nitrogen and oxygen atoms in total. The van der Waals surface area contributed by atoms with E-state index in [4.69, 9.17) is 4.42 Å². The number of nitrogens with one attached hydrogen (secondary N) is 1. The van der Waals surface area contributed by atoms with Gasteiger partial charge in [-0.15, -0.1) is 23.1 Å². The number of aliphatic carboxylic acids is 1. The Balaban J connectivity index is 1.49. The summed E-state index contributed by atoms with van der Waals surface area (Å²) >= 11 is 2.91. The average molecular weight is 416 g/mol. The molecule has 144 valence electrons. The second-order valence-electron chi connectivity index (χ2n) is 6.24. The van der Waals surface area contributed by atoms with Gasteiger partial charge in [0, 0.05) is 10.6 Å². The maximum atomic E-state index is 12.6. The molecule has 0 spiro atoms. The Morgan fingerprint density at radius 3 is 2.86 bits per heavy atom. The van der Waals surface area contributed by atoms with Gasteiger partial charge in [0.2, 0.25) is 5.91 Å². The molecule has 2 aromatic rings. The van der Waals surface area contributed by atoms with Crippen molar-refractivity contribution in [2.45, 2.75) is 17.8 Å². The molecule has 1 saturated heterocycles. The summed E-state index contributed by atoms with van der Waals surface area (Å²) in [6.45, 7) is 0. The standard InChI is InChI=1S/C19H16N2O5S2/c22-14(9-13-4-2-8-27-13)20-15-17(23)21-16(19(24)25)11(10-28-18(15)21)5-6-12-3-1-7-26-12/h1-8,15,18H,9-10H2,(H,20,22)(H,24,25)/t15?,18-/m1/s1. The van der Waals surface area contributed by atoms with Crippen molar-refractivity contribution >= 4 is 47.0 Å². The second kappa shape index (κ2) is 7.69. The third-order valence-corrected chi connectivity index (χ3v) is 6.60. The van der Waals surface area contributed by atoms with E-state index in [1.165, 1.54) is 34.3 Å². The fourth-order valence-electron chi connectivity index (χ4n) is 3.14. The molecular weight excluding hydrogens is 400 g/mol. The molecule has 4 rings (SSSR count). The molecule has 2 atom stereocenters. The van der Waals surface area contributed by atoms with Gasteiger partial charge in [-0.2, -0.15) is 0 Å². The molecule has 4 heterocycles. The molecule has 1 fully saturated rings. The number of rotatable bonds is 6. The SMILES string of the molecule is O=C(Cc1cccs1)NC1C(=O)N2C(C(=O)O)=C(C=Cc3ccco3)CS[C@H]12. The van der Waals surface area contributed by atoms with Crippen LogP contribution in [0.4, 0.5) is 0 Å². The number of hydrogen-bond donors (Lipinski definition) is 2. The zero-order valence-electron chi connectivity index (χ0n) is 14.5. The molecule has 2 aliphatic rings. The van der Waals surface area contributed by atoms with Gasteiger partial charge in [-0.1, -0.05) is 12.1 Å². The number of nitrogens with zero attached hydrogens (tertiary/aromatic N) is 1. The fourth-order valence-corrected chi connectivity index (χ4v) is 5.16. The van der Waals surface area contributed by atoms with E-state index in [1.807, 2.05) is 17.5 Å². The molecule has 0 bridgehead atoms. The predicted octanol–water partition coefficient (Wildman–Crippen LogP) is 2.34. The van der Waals surface area contributed by atoms with Crippen molar-refractivity contribution in [1.82, 2.24) is 10.2 Å². The molecule has 2 aliphatic heterocycles. The van der Waals surface area contributed by atoms with Crippen LogP contribution in [0.15, 0.2) is 57.7 Å². The third kappa shape index (κ3) is 3.50. The van der Waals surface area contributed by atoms with E-state index in [2.05, 4.69) is 5.32 Å². The summed E-state index contributed by atoms with van der Waals surface area (Å²) in [7, 11) is 0. The van der Waals surface area contributed by atoms with E-state index in [0.717, 1.165) is 4.88 Å². The number of carboxylic acid groups (broad SMARTS) is 1. The Kier molecular flexibility index (Phi) is 5.10. The first kappa shape index (κ1) is 18.6.